The number of thiocarbonyl (C=S) groups is 1. The number of carbonyl (C=O) groups is 1. The Morgan fingerprint density at radius 1 is 1.45 bits per heavy atom. The largest absolute Gasteiger partial charge is 0.497 e. The normalized spacial score (nSPS) is 9.85. The first-order chi connectivity index (χ1) is 9.60. The first-order valence-electron chi connectivity index (χ1n) is 5.65. The summed E-state index contributed by atoms with van der Waals surface area (Å²) < 4.78 is 5.07. The van der Waals surface area contributed by atoms with Crippen LogP contribution in [0.5, 0.6) is 5.75 Å². The summed E-state index contributed by atoms with van der Waals surface area (Å²) >= 11 is 4.85. The molecule has 1 heterocycles. The Morgan fingerprint density at radius 3 is 2.95 bits per heavy atom. The molecule has 7 nitrogen and oxygen atoms in total. The van der Waals surface area contributed by atoms with Crippen molar-refractivity contribution in [1.82, 2.24) is 10.2 Å². The van der Waals surface area contributed by atoms with Crippen LogP contribution in [0.1, 0.15) is 5.56 Å². The van der Waals surface area contributed by atoms with Gasteiger partial charge in [0.2, 0.25) is 0 Å². The second-order valence-electron chi connectivity index (χ2n) is 3.83. The van der Waals surface area contributed by atoms with Crippen molar-refractivity contribution in [2.24, 2.45) is 5.73 Å². The molecule has 0 radical (unpaired) electrons. The van der Waals surface area contributed by atoms with Crippen LogP contribution in [0.4, 0.5) is 16.3 Å². The van der Waals surface area contributed by atoms with E-state index in [1.54, 1.807) is 31.4 Å². The molecule has 0 aliphatic rings. The van der Waals surface area contributed by atoms with Gasteiger partial charge in [-0.25, -0.2) is 4.79 Å². The van der Waals surface area contributed by atoms with E-state index in [1.807, 2.05) is 0 Å². The first-order valence-corrected chi connectivity index (χ1v) is 6.06. The highest BCUT2D eigenvalue weighted by atomic mass is 32.1. The van der Waals surface area contributed by atoms with Crippen molar-refractivity contribution in [3.63, 3.8) is 0 Å². The van der Waals surface area contributed by atoms with Crippen LogP contribution >= 0.6 is 12.2 Å². The predicted octanol–water partition coefficient (Wildman–Crippen LogP) is 1.70. The number of aromatic nitrogens is 2. The van der Waals surface area contributed by atoms with Gasteiger partial charge in [0.1, 0.15) is 16.6 Å². The van der Waals surface area contributed by atoms with Gasteiger partial charge in [-0.05, 0) is 12.1 Å². The quantitative estimate of drug-likeness (QED) is 0.642. The number of aromatic amines is 1. The highest BCUT2D eigenvalue weighted by Gasteiger charge is 2.11. The molecule has 0 atom stereocenters. The molecule has 104 valence electrons. The van der Waals surface area contributed by atoms with Crippen molar-refractivity contribution in [3.8, 4) is 5.75 Å². The molecule has 0 aliphatic carbocycles. The standard InChI is InChI=1S/C12H13N5O2S/c1-19-8-4-2-3-7(5-8)15-12(18)16-11-9(10(13)20)6-14-17-11/h2-6H,1H3,(H2,13,20)(H3,14,15,16,17,18). The van der Waals surface area contributed by atoms with E-state index in [2.05, 4.69) is 20.8 Å². The van der Waals surface area contributed by atoms with E-state index in [-0.39, 0.29) is 4.99 Å². The van der Waals surface area contributed by atoms with Crippen LogP contribution < -0.4 is 21.1 Å². The second-order valence-corrected chi connectivity index (χ2v) is 4.27. The fraction of sp³-hybridized carbons (Fsp3) is 0.0833. The van der Waals surface area contributed by atoms with E-state index in [1.165, 1.54) is 6.20 Å². The number of ether oxygens (including phenoxy) is 1. The third-order valence-electron chi connectivity index (χ3n) is 2.47. The topological polar surface area (TPSA) is 105 Å². The van der Waals surface area contributed by atoms with Gasteiger partial charge in [0.25, 0.3) is 0 Å². The molecule has 0 saturated heterocycles. The molecule has 0 spiro atoms. The van der Waals surface area contributed by atoms with Crippen molar-refractivity contribution in [2.75, 3.05) is 17.7 Å². The van der Waals surface area contributed by atoms with Gasteiger partial charge in [0.15, 0.2) is 0 Å². The Labute approximate surface area is 120 Å². The number of hydrogen-bond donors (Lipinski definition) is 4. The van der Waals surface area contributed by atoms with E-state index in [4.69, 9.17) is 22.7 Å². The molecule has 20 heavy (non-hydrogen) atoms. The minimum Gasteiger partial charge on any atom is -0.497 e. The highest BCUT2D eigenvalue weighted by Crippen LogP contribution is 2.17. The fourth-order valence-corrected chi connectivity index (χ4v) is 1.70. The van der Waals surface area contributed by atoms with Gasteiger partial charge in [0.05, 0.1) is 18.9 Å². The average Bonchev–Trinajstić information content (AvgIpc) is 2.87. The molecule has 0 saturated carbocycles. The molecule has 0 bridgehead atoms. The molecular formula is C12H13N5O2S. The summed E-state index contributed by atoms with van der Waals surface area (Å²) in [6.45, 7) is 0. The lowest BCUT2D eigenvalue weighted by Gasteiger charge is -2.08. The molecular weight excluding hydrogens is 278 g/mol. The Morgan fingerprint density at radius 2 is 2.25 bits per heavy atom. The number of anilines is 2. The van der Waals surface area contributed by atoms with Gasteiger partial charge < -0.3 is 15.8 Å². The first kappa shape index (κ1) is 13.8. The van der Waals surface area contributed by atoms with E-state index < -0.39 is 6.03 Å². The number of rotatable bonds is 4. The molecule has 5 N–H and O–H groups in total. The molecule has 0 aliphatic heterocycles. The number of methoxy groups -OCH3 is 1. The highest BCUT2D eigenvalue weighted by molar-refractivity contribution is 7.80. The minimum atomic E-state index is -0.444. The zero-order chi connectivity index (χ0) is 14.5. The van der Waals surface area contributed by atoms with E-state index in [9.17, 15) is 4.79 Å². The Balaban J connectivity index is 2.05. The van der Waals surface area contributed by atoms with Gasteiger partial charge in [-0.15, -0.1) is 0 Å². The van der Waals surface area contributed by atoms with E-state index >= 15 is 0 Å². The maximum absolute atomic E-state index is 11.9. The molecule has 2 aromatic rings. The van der Waals surface area contributed by atoms with Gasteiger partial charge in [-0.3, -0.25) is 10.4 Å². The SMILES string of the molecule is COc1cccc(NC(=O)Nc2[nH]ncc2C(N)=S)c1. The smallest absolute Gasteiger partial charge is 0.324 e. The number of hydrogen-bond acceptors (Lipinski definition) is 4. The number of nitrogens with two attached hydrogens (primary N) is 1. The summed E-state index contributed by atoms with van der Waals surface area (Å²) in [5.74, 6) is 0.992. The maximum atomic E-state index is 11.9. The summed E-state index contributed by atoms with van der Waals surface area (Å²) in [5.41, 5.74) is 6.58. The summed E-state index contributed by atoms with van der Waals surface area (Å²) in [6.07, 6.45) is 1.45. The Hall–Kier alpha value is -2.61. The number of amides is 2. The molecule has 1 aromatic carbocycles. The summed E-state index contributed by atoms with van der Waals surface area (Å²) in [5, 5.41) is 11.6. The van der Waals surface area contributed by atoms with Crippen molar-refractivity contribution in [2.45, 2.75) is 0 Å². The third-order valence-corrected chi connectivity index (χ3v) is 2.69. The average molecular weight is 291 g/mol. The lowest BCUT2D eigenvalue weighted by atomic mass is 10.3. The van der Waals surface area contributed by atoms with Crippen LogP contribution in [-0.2, 0) is 0 Å². The van der Waals surface area contributed by atoms with E-state index in [0.29, 0.717) is 22.8 Å². The fourth-order valence-electron chi connectivity index (χ4n) is 1.54. The third kappa shape index (κ3) is 3.23. The van der Waals surface area contributed by atoms with Gasteiger partial charge >= 0.3 is 6.03 Å². The van der Waals surface area contributed by atoms with Crippen molar-refractivity contribution >= 4 is 34.7 Å². The molecule has 8 heteroatoms. The lowest BCUT2D eigenvalue weighted by Crippen LogP contribution is -2.22. The van der Waals surface area contributed by atoms with Gasteiger partial charge in [-0.2, -0.15) is 5.10 Å². The molecule has 0 fully saturated rings. The number of urea groups is 1. The zero-order valence-electron chi connectivity index (χ0n) is 10.6. The van der Waals surface area contributed by atoms with Crippen LogP contribution in [0.2, 0.25) is 0 Å². The summed E-state index contributed by atoms with van der Waals surface area (Å²) in [6, 6.07) is 6.54. The number of nitrogens with one attached hydrogen (secondary N) is 3. The van der Waals surface area contributed by atoms with Crippen LogP contribution in [-0.4, -0.2) is 28.3 Å². The van der Waals surface area contributed by atoms with Crippen molar-refractivity contribution in [3.05, 3.63) is 36.0 Å². The number of benzene rings is 1. The number of carbonyl (C=O) groups excluding carboxylic acids is 1. The molecule has 1 aromatic heterocycles. The monoisotopic (exact) mass is 291 g/mol. The predicted molar refractivity (Wildman–Crippen MR) is 80.1 cm³/mol. The molecule has 2 amide bonds. The van der Waals surface area contributed by atoms with Crippen molar-refractivity contribution in [1.29, 1.82) is 0 Å². The van der Waals surface area contributed by atoms with Gasteiger partial charge in [-0.1, -0.05) is 18.3 Å². The Kier molecular flexibility index (Phi) is 4.16. The lowest BCUT2D eigenvalue weighted by molar-refractivity contribution is 0.262. The maximum Gasteiger partial charge on any atom is 0.324 e. The van der Waals surface area contributed by atoms with Crippen LogP contribution in [0.15, 0.2) is 30.5 Å². The number of H-pyrrole nitrogens is 1. The van der Waals surface area contributed by atoms with Crippen molar-refractivity contribution < 1.29 is 9.53 Å². The van der Waals surface area contributed by atoms with Crippen LogP contribution in [0, 0.1) is 0 Å². The van der Waals surface area contributed by atoms with E-state index in [0.717, 1.165) is 0 Å². The second kappa shape index (κ2) is 6.02. The molecule has 2 rings (SSSR count). The minimum absolute atomic E-state index is 0.149. The molecule has 0 unspecified atom stereocenters. The zero-order valence-corrected chi connectivity index (χ0v) is 11.5. The van der Waals surface area contributed by atoms with Gasteiger partial charge in [0, 0.05) is 11.8 Å². The van der Waals surface area contributed by atoms with Crippen LogP contribution in [0.25, 0.3) is 0 Å². The Bertz CT molecular complexity index is 640. The summed E-state index contributed by atoms with van der Waals surface area (Å²) in [4.78, 5) is 12.0. The number of nitrogens with zero attached hydrogens (tertiary/aromatic N) is 1. The van der Waals surface area contributed by atoms with Crippen LogP contribution in [0.3, 0.4) is 0 Å². The summed E-state index contributed by atoms with van der Waals surface area (Å²) in [7, 11) is 1.55.